The van der Waals surface area contributed by atoms with E-state index in [9.17, 15) is 4.79 Å². The van der Waals surface area contributed by atoms with Gasteiger partial charge in [-0.15, -0.1) is 0 Å². The molecular formula is C23H21NO4. The summed E-state index contributed by atoms with van der Waals surface area (Å²) in [6.07, 6.45) is 0. The maximum absolute atomic E-state index is 13.2. The molecular weight excluding hydrogens is 354 g/mol. The minimum Gasteiger partial charge on any atom is -0.493 e. The molecule has 0 unspecified atom stereocenters. The van der Waals surface area contributed by atoms with Gasteiger partial charge in [0.2, 0.25) is 5.91 Å². The highest BCUT2D eigenvalue weighted by molar-refractivity contribution is 5.89. The number of carbonyl (C=O) groups is 1. The van der Waals surface area contributed by atoms with E-state index in [2.05, 4.69) is 5.32 Å². The Hall–Kier alpha value is -3.47. The summed E-state index contributed by atoms with van der Waals surface area (Å²) in [6.45, 7) is 0.334. The fourth-order valence-corrected chi connectivity index (χ4v) is 3.57. The van der Waals surface area contributed by atoms with E-state index in [1.54, 1.807) is 14.2 Å². The molecule has 28 heavy (non-hydrogen) atoms. The highest BCUT2D eigenvalue weighted by Crippen LogP contribution is 2.44. The predicted octanol–water partition coefficient (Wildman–Crippen LogP) is 4.26. The van der Waals surface area contributed by atoms with Gasteiger partial charge in [-0.2, -0.15) is 0 Å². The van der Waals surface area contributed by atoms with E-state index in [1.807, 2.05) is 66.7 Å². The van der Waals surface area contributed by atoms with Gasteiger partial charge in [-0.25, -0.2) is 0 Å². The zero-order valence-electron chi connectivity index (χ0n) is 15.8. The van der Waals surface area contributed by atoms with Gasteiger partial charge in [0.25, 0.3) is 0 Å². The third-order valence-electron chi connectivity index (χ3n) is 4.88. The van der Waals surface area contributed by atoms with E-state index in [0.29, 0.717) is 29.5 Å². The summed E-state index contributed by atoms with van der Waals surface area (Å²) < 4.78 is 16.8. The van der Waals surface area contributed by atoms with Crippen LogP contribution in [0.15, 0.2) is 66.7 Å². The van der Waals surface area contributed by atoms with E-state index < -0.39 is 5.92 Å². The van der Waals surface area contributed by atoms with Crippen LogP contribution in [0.5, 0.6) is 23.0 Å². The first-order valence-electron chi connectivity index (χ1n) is 9.06. The number of ether oxygens (including phenoxy) is 3. The first kappa shape index (κ1) is 17.9. The molecule has 0 aliphatic carbocycles. The lowest BCUT2D eigenvalue weighted by atomic mass is 9.87. The van der Waals surface area contributed by atoms with Crippen LogP contribution in [0.25, 0.3) is 0 Å². The SMILES string of the molecule is COc1cccc(CNC(=O)C2c3ccccc3Oc3ccccc32)c1OC. The Kier molecular flexibility index (Phi) is 4.89. The number of nitrogens with one attached hydrogen (secondary N) is 1. The van der Waals surface area contributed by atoms with Crippen molar-refractivity contribution in [1.29, 1.82) is 0 Å². The van der Waals surface area contributed by atoms with Crippen molar-refractivity contribution in [2.24, 2.45) is 0 Å². The molecule has 142 valence electrons. The quantitative estimate of drug-likeness (QED) is 0.724. The minimum atomic E-state index is -0.433. The van der Waals surface area contributed by atoms with Crippen molar-refractivity contribution in [2.45, 2.75) is 12.5 Å². The van der Waals surface area contributed by atoms with Crippen LogP contribution < -0.4 is 19.5 Å². The van der Waals surface area contributed by atoms with Crippen molar-refractivity contribution < 1.29 is 19.0 Å². The van der Waals surface area contributed by atoms with Crippen LogP contribution in [0.3, 0.4) is 0 Å². The molecule has 0 aromatic heterocycles. The van der Waals surface area contributed by atoms with Gasteiger partial charge in [-0.3, -0.25) is 4.79 Å². The normalized spacial score (nSPS) is 12.4. The van der Waals surface area contributed by atoms with Gasteiger partial charge in [-0.1, -0.05) is 48.5 Å². The Bertz CT molecular complexity index is 969. The van der Waals surface area contributed by atoms with E-state index in [1.165, 1.54) is 0 Å². The fraction of sp³-hybridized carbons (Fsp3) is 0.174. The van der Waals surface area contributed by atoms with Gasteiger partial charge in [0, 0.05) is 23.2 Å². The van der Waals surface area contributed by atoms with E-state index >= 15 is 0 Å². The average Bonchev–Trinajstić information content (AvgIpc) is 2.75. The molecule has 0 saturated heterocycles. The van der Waals surface area contributed by atoms with Gasteiger partial charge >= 0.3 is 0 Å². The first-order chi connectivity index (χ1) is 13.7. The van der Waals surface area contributed by atoms with Gasteiger partial charge in [0.15, 0.2) is 11.5 Å². The number of methoxy groups -OCH3 is 2. The van der Waals surface area contributed by atoms with Crippen LogP contribution in [-0.4, -0.2) is 20.1 Å². The van der Waals surface area contributed by atoms with Gasteiger partial charge < -0.3 is 19.5 Å². The number of rotatable bonds is 5. The van der Waals surface area contributed by atoms with Crippen molar-refractivity contribution in [3.63, 3.8) is 0 Å². The van der Waals surface area contributed by atoms with Crippen LogP contribution in [0.1, 0.15) is 22.6 Å². The van der Waals surface area contributed by atoms with E-state index in [-0.39, 0.29) is 5.91 Å². The number of amides is 1. The van der Waals surface area contributed by atoms with Crippen LogP contribution in [0.4, 0.5) is 0 Å². The maximum atomic E-state index is 13.2. The van der Waals surface area contributed by atoms with Crippen LogP contribution >= 0.6 is 0 Å². The zero-order chi connectivity index (χ0) is 19.5. The summed E-state index contributed by atoms with van der Waals surface area (Å²) in [5.41, 5.74) is 2.57. The largest absolute Gasteiger partial charge is 0.493 e. The Morgan fingerprint density at radius 3 is 2.14 bits per heavy atom. The summed E-state index contributed by atoms with van der Waals surface area (Å²) in [4.78, 5) is 13.2. The molecule has 5 heteroatoms. The Balaban J connectivity index is 1.63. The molecule has 1 amide bonds. The number of carbonyl (C=O) groups excluding carboxylic acids is 1. The Labute approximate surface area is 163 Å². The Morgan fingerprint density at radius 2 is 1.54 bits per heavy atom. The number of benzene rings is 3. The maximum Gasteiger partial charge on any atom is 0.232 e. The van der Waals surface area contributed by atoms with Crippen molar-refractivity contribution in [3.8, 4) is 23.0 Å². The molecule has 1 N–H and O–H groups in total. The molecule has 0 saturated carbocycles. The summed E-state index contributed by atoms with van der Waals surface area (Å²) in [6, 6.07) is 20.9. The summed E-state index contributed by atoms with van der Waals surface area (Å²) in [5, 5.41) is 3.05. The lowest BCUT2D eigenvalue weighted by Crippen LogP contribution is -2.31. The first-order valence-corrected chi connectivity index (χ1v) is 9.06. The summed E-state index contributed by atoms with van der Waals surface area (Å²) >= 11 is 0. The highest BCUT2D eigenvalue weighted by atomic mass is 16.5. The molecule has 0 radical (unpaired) electrons. The monoisotopic (exact) mass is 375 g/mol. The second-order valence-corrected chi connectivity index (χ2v) is 6.48. The molecule has 4 rings (SSSR count). The molecule has 5 nitrogen and oxygen atoms in total. The molecule has 3 aromatic rings. The van der Waals surface area contributed by atoms with Gasteiger partial charge in [-0.05, 0) is 18.2 Å². The summed E-state index contributed by atoms with van der Waals surface area (Å²) in [7, 11) is 3.18. The summed E-state index contributed by atoms with van der Waals surface area (Å²) in [5.74, 6) is 2.15. The zero-order valence-corrected chi connectivity index (χ0v) is 15.8. The highest BCUT2D eigenvalue weighted by Gasteiger charge is 2.32. The van der Waals surface area contributed by atoms with E-state index in [0.717, 1.165) is 16.7 Å². The van der Waals surface area contributed by atoms with Crippen LogP contribution in [-0.2, 0) is 11.3 Å². The van der Waals surface area contributed by atoms with Crippen molar-refractivity contribution in [3.05, 3.63) is 83.4 Å². The van der Waals surface area contributed by atoms with E-state index in [4.69, 9.17) is 14.2 Å². The van der Waals surface area contributed by atoms with Gasteiger partial charge in [0.05, 0.1) is 20.1 Å². The molecule has 3 aromatic carbocycles. The molecule has 1 heterocycles. The lowest BCUT2D eigenvalue weighted by molar-refractivity contribution is -0.122. The van der Waals surface area contributed by atoms with Crippen molar-refractivity contribution >= 4 is 5.91 Å². The van der Waals surface area contributed by atoms with Crippen LogP contribution in [0, 0.1) is 0 Å². The van der Waals surface area contributed by atoms with Crippen molar-refractivity contribution in [2.75, 3.05) is 14.2 Å². The Morgan fingerprint density at radius 1 is 0.893 bits per heavy atom. The molecule has 1 aliphatic heterocycles. The second kappa shape index (κ2) is 7.64. The predicted molar refractivity (Wildman–Crippen MR) is 106 cm³/mol. The third kappa shape index (κ3) is 3.16. The second-order valence-electron chi connectivity index (χ2n) is 6.48. The molecule has 0 atom stereocenters. The average molecular weight is 375 g/mol. The number of hydrogen-bond acceptors (Lipinski definition) is 4. The molecule has 0 spiro atoms. The van der Waals surface area contributed by atoms with Gasteiger partial charge in [0.1, 0.15) is 11.5 Å². The standard InChI is InChI=1S/C23H21NO4/c1-26-20-13-7-8-15(22(20)27-2)14-24-23(25)21-16-9-3-5-11-18(16)28-19-12-6-4-10-17(19)21/h3-13,21H,14H2,1-2H3,(H,24,25). The number of hydrogen-bond donors (Lipinski definition) is 1. The third-order valence-corrected chi connectivity index (χ3v) is 4.88. The molecule has 1 aliphatic rings. The number of para-hydroxylation sites is 3. The fourth-order valence-electron chi connectivity index (χ4n) is 3.57. The number of fused-ring (bicyclic) bond motifs is 2. The van der Waals surface area contributed by atoms with Crippen LogP contribution in [0.2, 0.25) is 0 Å². The smallest absolute Gasteiger partial charge is 0.232 e. The lowest BCUT2D eigenvalue weighted by Gasteiger charge is -2.27. The minimum absolute atomic E-state index is 0.0897. The molecule has 0 bridgehead atoms. The molecule has 0 fully saturated rings. The topological polar surface area (TPSA) is 56.8 Å². The van der Waals surface area contributed by atoms with Crippen molar-refractivity contribution in [1.82, 2.24) is 5.32 Å².